The Labute approximate surface area is 167 Å². The SMILES string of the molecule is CC(C)(C)OC(=O)N1CCC[C@@H]1[C@@H]1COCC[C@H]1NCCc1ccccc1F. The topological polar surface area (TPSA) is 50.8 Å². The second kappa shape index (κ2) is 9.23. The first-order valence-corrected chi connectivity index (χ1v) is 10.4. The molecule has 156 valence electrons. The molecule has 3 atom stereocenters. The molecule has 28 heavy (non-hydrogen) atoms. The molecule has 2 saturated heterocycles. The lowest BCUT2D eigenvalue weighted by atomic mass is 9.87. The zero-order valence-corrected chi connectivity index (χ0v) is 17.2. The van der Waals surface area contributed by atoms with E-state index in [1.165, 1.54) is 6.07 Å². The number of halogens is 1. The second-order valence-electron chi connectivity index (χ2n) is 8.81. The van der Waals surface area contributed by atoms with Crippen molar-refractivity contribution in [1.29, 1.82) is 0 Å². The number of carbonyl (C=O) groups excluding carboxylic acids is 1. The molecule has 3 rings (SSSR count). The maximum atomic E-state index is 13.8. The summed E-state index contributed by atoms with van der Waals surface area (Å²) in [4.78, 5) is 14.5. The standard InChI is InChI=1S/C22H33FN2O3/c1-22(2,3)28-21(26)25-13-6-9-20(25)17-15-27-14-11-19(17)24-12-10-16-7-4-5-8-18(16)23/h4-5,7-8,17,19-20,24H,6,9-15H2,1-3H3/t17-,19-,20-/m1/s1. The first-order valence-electron chi connectivity index (χ1n) is 10.4. The van der Waals surface area contributed by atoms with Gasteiger partial charge in [-0.1, -0.05) is 18.2 Å². The predicted octanol–water partition coefficient (Wildman–Crippen LogP) is 3.76. The van der Waals surface area contributed by atoms with E-state index in [2.05, 4.69) is 5.32 Å². The lowest BCUT2D eigenvalue weighted by molar-refractivity contribution is -0.0164. The number of nitrogens with zero attached hydrogens (tertiary/aromatic N) is 1. The lowest BCUT2D eigenvalue weighted by Gasteiger charge is -2.40. The zero-order chi connectivity index (χ0) is 20.1. The van der Waals surface area contributed by atoms with Gasteiger partial charge in [0.05, 0.1) is 6.61 Å². The molecule has 0 aromatic heterocycles. The van der Waals surface area contributed by atoms with Gasteiger partial charge in [-0.05, 0) is 64.6 Å². The molecule has 0 unspecified atom stereocenters. The first-order chi connectivity index (χ1) is 13.3. The van der Waals surface area contributed by atoms with E-state index in [1.807, 2.05) is 37.8 Å². The van der Waals surface area contributed by atoms with Gasteiger partial charge in [-0.2, -0.15) is 0 Å². The summed E-state index contributed by atoms with van der Waals surface area (Å²) in [5, 5.41) is 3.61. The number of rotatable bonds is 5. The van der Waals surface area contributed by atoms with Crippen molar-refractivity contribution >= 4 is 6.09 Å². The van der Waals surface area contributed by atoms with Gasteiger partial charge >= 0.3 is 6.09 Å². The fourth-order valence-corrected chi connectivity index (χ4v) is 4.27. The smallest absolute Gasteiger partial charge is 0.410 e. The van der Waals surface area contributed by atoms with Gasteiger partial charge in [0.25, 0.3) is 0 Å². The van der Waals surface area contributed by atoms with E-state index in [0.29, 0.717) is 26.2 Å². The molecular weight excluding hydrogens is 359 g/mol. The van der Waals surface area contributed by atoms with Crippen LogP contribution in [0.25, 0.3) is 0 Å². The fourth-order valence-electron chi connectivity index (χ4n) is 4.27. The predicted molar refractivity (Wildman–Crippen MR) is 107 cm³/mol. The molecule has 2 aliphatic rings. The van der Waals surface area contributed by atoms with E-state index in [9.17, 15) is 9.18 Å². The van der Waals surface area contributed by atoms with E-state index in [0.717, 1.165) is 31.4 Å². The maximum Gasteiger partial charge on any atom is 0.410 e. The van der Waals surface area contributed by atoms with E-state index < -0.39 is 5.60 Å². The highest BCUT2D eigenvalue weighted by atomic mass is 19.1. The number of ether oxygens (including phenoxy) is 2. The normalized spacial score (nSPS) is 25.7. The van der Waals surface area contributed by atoms with Crippen molar-refractivity contribution in [2.45, 2.75) is 64.1 Å². The van der Waals surface area contributed by atoms with Crippen LogP contribution in [0.3, 0.4) is 0 Å². The van der Waals surface area contributed by atoms with Crippen LogP contribution in [0.2, 0.25) is 0 Å². The number of nitrogens with one attached hydrogen (secondary N) is 1. The summed E-state index contributed by atoms with van der Waals surface area (Å²) >= 11 is 0. The molecule has 2 fully saturated rings. The fraction of sp³-hybridized carbons (Fsp3) is 0.682. The number of benzene rings is 1. The minimum absolute atomic E-state index is 0.126. The van der Waals surface area contributed by atoms with E-state index >= 15 is 0 Å². The molecule has 6 heteroatoms. The molecule has 0 radical (unpaired) electrons. The summed E-state index contributed by atoms with van der Waals surface area (Å²) in [5.74, 6) is 0.0732. The van der Waals surface area contributed by atoms with Gasteiger partial charge in [-0.3, -0.25) is 0 Å². The molecule has 0 aliphatic carbocycles. The molecule has 1 amide bonds. The Morgan fingerprint density at radius 2 is 2.11 bits per heavy atom. The number of likely N-dealkylation sites (tertiary alicyclic amines) is 1. The third-order valence-corrected chi connectivity index (χ3v) is 5.58. The van der Waals surface area contributed by atoms with Crippen molar-refractivity contribution in [2.75, 3.05) is 26.3 Å². The highest BCUT2D eigenvalue weighted by Crippen LogP contribution is 2.31. The Bertz CT molecular complexity index is 661. The van der Waals surface area contributed by atoms with E-state index in [4.69, 9.17) is 9.47 Å². The minimum Gasteiger partial charge on any atom is -0.444 e. The summed E-state index contributed by atoms with van der Waals surface area (Å²) in [5.41, 5.74) is 0.236. The summed E-state index contributed by atoms with van der Waals surface area (Å²) in [6.45, 7) is 8.49. The van der Waals surface area contributed by atoms with Gasteiger partial charge < -0.3 is 19.7 Å². The van der Waals surface area contributed by atoms with Crippen LogP contribution in [-0.2, 0) is 15.9 Å². The van der Waals surface area contributed by atoms with Crippen molar-refractivity contribution < 1.29 is 18.7 Å². The Morgan fingerprint density at radius 3 is 2.86 bits per heavy atom. The molecule has 1 aromatic carbocycles. The monoisotopic (exact) mass is 392 g/mol. The molecule has 1 N–H and O–H groups in total. The molecule has 1 aromatic rings. The number of amides is 1. The van der Waals surface area contributed by atoms with Gasteiger partial charge in [-0.15, -0.1) is 0 Å². The van der Waals surface area contributed by atoms with Crippen molar-refractivity contribution in [3.05, 3.63) is 35.6 Å². The minimum atomic E-state index is -0.495. The summed E-state index contributed by atoms with van der Waals surface area (Å²) < 4.78 is 25.2. The number of hydrogen-bond donors (Lipinski definition) is 1. The van der Waals surface area contributed by atoms with Crippen molar-refractivity contribution in [3.63, 3.8) is 0 Å². The van der Waals surface area contributed by atoms with Crippen LogP contribution >= 0.6 is 0 Å². The third-order valence-electron chi connectivity index (χ3n) is 5.58. The highest BCUT2D eigenvalue weighted by molar-refractivity contribution is 5.69. The Kier molecular flexibility index (Phi) is 6.94. The molecule has 2 heterocycles. The van der Waals surface area contributed by atoms with E-state index in [-0.39, 0.29) is 29.9 Å². The van der Waals surface area contributed by atoms with Crippen molar-refractivity contribution in [3.8, 4) is 0 Å². The lowest BCUT2D eigenvalue weighted by Crippen LogP contribution is -2.53. The van der Waals surface area contributed by atoms with E-state index in [1.54, 1.807) is 6.07 Å². The average Bonchev–Trinajstić information content (AvgIpc) is 3.12. The van der Waals surface area contributed by atoms with Crippen LogP contribution in [0.5, 0.6) is 0 Å². The van der Waals surface area contributed by atoms with Crippen LogP contribution in [-0.4, -0.2) is 55.0 Å². The molecule has 0 saturated carbocycles. The highest BCUT2D eigenvalue weighted by Gasteiger charge is 2.41. The summed E-state index contributed by atoms with van der Waals surface area (Å²) in [6.07, 6.45) is 3.28. The van der Waals surface area contributed by atoms with Crippen LogP contribution < -0.4 is 5.32 Å². The molecule has 0 bridgehead atoms. The van der Waals surface area contributed by atoms with Gasteiger partial charge in [0.1, 0.15) is 11.4 Å². The summed E-state index contributed by atoms with van der Waals surface area (Å²) in [7, 11) is 0. The Hall–Kier alpha value is -1.66. The molecule has 0 spiro atoms. The van der Waals surface area contributed by atoms with Gasteiger partial charge in [-0.25, -0.2) is 9.18 Å². The van der Waals surface area contributed by atoms with Gasteiger partial charge in [0, 0.05) is 31.2 Å². The number of carbonyl (C=O) groups is 1. The van der Waals surface area contributed by atoms with Gasteiger partial charge in [0.2, 0.25) is 0 Å². The van der Waals surface area contributed by atoms with Crippen molar-refractivity contribution in [2.24, 2.45) is 5.92 Å². The Morgan fingerprint density at radius 1 is 1.32 bits per heavy atom. The van der Waals surface area contributed by atoms with Gasteiger partial charge in [0.15, 0.2) is 0 Å². The quantitative estimate of drug-likeness (QED) is 0.829. The maximum absolute atomic E-state index is 13.8. The van der Waals surface area contributed by atoms with Crippen molar-refractivity contribution in [1.82, 2.24) is 10.2 Å². The third kappa shape index (κ3) is 5.45. The first kappa shape index (κ1) is 21.1. The summed E-state index contributed by atoms with van der Waals surface area (Å²) in [6, 6.07) is 7.30. The van der Waals surface area contributed by atoms with Crippen LogP contribution in [0, 0.1) is 11.7 Å². The average molecular weight is 393 g/mol. The molecule has 5 nitrogen and oxygen atoms in total. The molecular formula is C22H33FN2O3. The van der Waals surface area contributed by atoms with Crippen LogP contribution in [0.15, 0.2) is 24.3 Å². The largest absolute Gasteiger partial charge is 0.444 e. The second-order valence-corrected chi connectivity index (χ2v) is 8.81. The van der Waals surface area contributed by atoms with Crippen LogP contribution in [0.1, 0.15) is 45.6 Å². The molecule has 2 aliphatic heterocycles. The number of hydrogen-bond acceptors (Lipinski definition) is 4. The zero-order valence-electron chi connectivity index (χ0n) is 17.2. The Balaban J connectivity index is 1.60. The van der Waals surface area contributed by atoms with Crippen LogP contribution in [0.4, 0.5) is 9.18 Å².